The molecule has 0 aliphatic carbocycles. The number of hydrogen-bond donors (Lipinski definition) is 1. The highest BCUT2D eigenvalue weighted by molar-refractivity contribution is 7.20. The molecule has 0 bridgehead atoms. The Balaban J connectivity index is 1.59. The van der Waals surface area contributed by atoms with Crippen LogP contribution < -0.4 is 15.8 Å². The highest BCUT2D eigenvalue weighted by Gasteiger charge is 2.37. The normalized spacial score (nSPS) is 18.2. The number of hydrogen-bond acceptors (Lipinski definition) is 7. The molecule has 1 N–H and O–H groups in total. The number of fused-ring (bicyclic) bond motifs is 2. The molecular formula is C21H24FN7OS. The Morgan fingerprint density at radius 3 is 2.52 bits per heavy atom. The van der Waals surface area contributed by atoms with Crippen molar-refractivity contribution >= 4 is 27.1 Å². The van der Waals surface area contributed by atoms with Crippen molar-refractivity contribution in [3.63, 3.8) is 0 Å². The average Bonchev–Trinajstić information content (AvgIpc) is 3.22. The van der Waals surface area contributed by atoms with Crippen LogP contribution in [-0.4, -0.2) is 48.2 Å². The molecule has 162 valence electrons. The number of aryl methyl sites for hydroxylation is 1. The number of piperazine rings is 1. The summed E-state index contributed by atoms with van der Waals surface area (Å²) in [6.45, 7) is 11.9. The summed E-state index contributed by atoms with van der Waals surface area (Å²) in [5, 5.41) is 8.93. The molecule has 0 aromatic carbocycles. The number of anilines is 1. The zero-order valence-electron chi connectivity index (χ0n) is 18.1. The van der Waals surface area contributed by atoms with Crippen LogP contribution in [0, 0.1) is 12.7 Å². The summed E-state index contributed by atoms with van der Waals surface area (Å²) >= 11 is 1.37. The second kappa shape index (κ2) is 6.57. The Bertz CT molecular complexity index is 1370. The molecular weight excluding hydrogens is 417 g/mol. The predicted octanol–water partition coefficient (Wildman–Crippen LogP) is 2.88. The van der Waals surface area contributed by atoms with E-state index in [0.29, 0.717) is 21.9 Å². The third kappa shape index (κ3) is 3.59. The van der Waals surface area contributed by atoms with E-state index < -0.39 is 5.82 Å². The molecule has 8 nitrogen and oxygen atoms in total. The van der Waals surface area contributed by atoms with Gasteiger partial charge in [-0.25, -0.2) is 14.4 Å². The Morgan fingerprint density at radius 2 is 1.81 bits per heavy atom. The van der Waals surface area contributed by atoms with Crippen LogP contribution in [0.5, 0.6) is 0 Å². The predicted molar refractivity (Wildman–Crippen MR) is 120 cm³/mol. The van der Waals surface area contributed by atoms with Crippen LogP contribution >= 0.6 is 11.3 Å². The van der Waals surface area contributed by atoms with E-state index in [-0.39, 0.29) is 22.3 Å². The molecule has 31 heavy (non-hydrogen) atoms. The Kier molecular flexibility index (Phi) is 4.26. The summed E-state index contributed by atoms with van der Waals surface area (Å²) in [6.07, 6.45) is 3.48. The largest absolute Gasteiger partial charge is 0.343 e. The molecule has 0 radical (unpaired) electrons. The van der Waals surface area contributed by atoms with Crippen molar-refractivity contribution in [2.24, 2.45) is 0 Å². The Morgan fingerprint density at radius 1 is 1.10 bits per heavy atom. The van der Waals surface area contributed by atoms with Crippen LogP contribution in [0.25, 0.3) is 21.9 Å². The number of imidazole rings is 1. The van der Waals surface area contributed by atoms with E-state index in [1.807, 2.05) is 0 Å². The summed E-state index contributed by atoms with van der Waals surface area (Å²) in [7, 11) is 0. The molecule has 1 aliphatic heterocycles. The lowest BCUT2D eigenvalue weighted by Crippen LogP contribution is -2.67. The third-order valence-corrected chi connectivity index (χ3v) is 6.25. The number of rotatable bonds is 2. The molecule has 0 amide bonds. The number of nitrogens with one attached hydrogen (secondary N) is 1. The van der Waals surface area contributed by atoms with Gasteiger partial charge in [-0.05, 0) is 40.7 Å². The molecule has 1 saturated heterocycles. The van der Waals surface area contributed by atoms with E-state index in [9.17, 15) is 9.18 Å². The van der Waals surface area contributed by atoms with Crippen LogP contribution in [0.3, 0.4) is 0 Å². The summed E-state index contributed by atoms with van der Waals surface area (Å²) in [6, 6.07) is 2.76. The zero-order valence-corrected chi connectivity index (χ0v) is 18.9. The van der Waals surface area contributed by atoms with Crippen molar-refractivity contribution < 1.29 is 4.39 Å². The van der Waals surface area contributed by atoms with Gasteiger partial charge in [-0.3, -0.25) is 4.79 Å². The van der Waals surface area contributed by atoms with E-state index in [1.165, 1.54) is 28.0 Å². The minimum absolute atomic E-state index is 0.0982. The van der Waals surface area contributed by atoms with Gasteiger partial charge in [-0.2, -0.15) is 4.52 Å². The number of pyridine rings is 1. The zero-order chi connectivity index (χ0) is 22.1. The molecule has 1 fully saturated rings. The fraction of sp³-hybridized carbons (Fsp3) is 0.429. The quantitative estimate of drug-likeness (QED) is 0.515. The first-order valence-electron chi connectivity index (χ1n) is 10.1. The molecule has 5 rings (SSSR count). The summed E-state index contributed by atoms with van der Waals surface area (Å²) in [4.78, 5) is 24.3. The highest BCUT2D eigenvalue weighted by Crippen LogP contribution is 2.30. The first-order chi connectivity index (χ1) is 14.5. The van der Waals surface area contributed by atoms with E-state index in [1.54, 1.807) is 23.7 Å². The van der Waals surface area contributed by atoms with Gasteiger partial charge in [0.15, 0.2) is 11.5 Å². The second-order valence-corrected chi connectivity index (χ2v) is 10.4. The summed E-state index contributed by atoms with van der Waals surface area (Å²) in [5.74, 6) is -0.456. The maximum Gasteiger partial charge on any atom is 0.275 e. The standard InChI is InChI=1S/C21H24FN7OS/c1-12-8-27-9-13(6-14(22)17(27)23-12)15-7-16(30)29-18(24-15)31-19(25-29)28-10-20(2,3)26-21(4,5)11-28/h6-9,26H,10-11H2,1-5H3. The molecule has 0 atom stereocenters. The smallest absolute Gasteiger partial charge is 0.275 e. The van der Waals surface area contributed by atoms with Gasteiger partial charge >= 0.3 is 0 Å². The van der Waals surface area contributed by atoms with E-state index >= 15 is 0 Å². The minimum Gasteiger partial charge on any atom is -0.343 e. The topological polar surface area (TPSA) is 79.8 Å². The van der Waals surface area contributed by atoms with Gasteiger partial charge in [-0.1, -0.05) is 11.3 Å². The average molecular weight is 442 g/mol. The van der Waals surface area contributed by atoms with Crippen LogP contribution in [-0.2, 0) is 0 Å². The van der Waals surface area contributed by atoms with E-state index in [2.05, 4.69) is 53.0 Å². The molecule has 0 saturated carbocycles. The van der Waals surface area contributed by atoms with Gasteiger partial charge in [0.05, 0.1) is 11.4 Å². The maximum absolute atomic E-state index is 14.5. The van der Waals surface area contributed by atoms with Crippen molar-refractivity contribution in [3.05, 3.63) is 46.4 Å². The highest BCUT2D eigenvalue weighted by atomic mass is 32.1. The van der Waals surface area contributed by atoms with Crippen molar-refractivity contribution in [2.75, 3.05) is 18.0 Å². The molecule has 5 heterocycles. The summed E-state index contributed by atoms with van der Waals surface area (Å²) in [5.41, 5.74) is 1.41. The molecule has 1 aliphatic rings. The first-order valence-corrected chi connectivity index (χ1v) is 10.9. The molecule has 10 heteroatoms. The van der Waals surface area contributed by atoms with Crippen LogP contribution in [0.15, 0.2) is 29.3 Å². The van der Waals surface area contributed by atoms with Gasteiger partial charge in [0.1, 0.15) is 0 Å². The van der Waals surface area contributed by atoms with Gasteiger partial charge in [-0.15, -0.1) is 5.10 Å². The first kappa shape index (κ1) is 20.1. The van der Waals surface area contributed by atoms with Gasteiger partial charge in [0.25, 0.3) is 5.56 Å². The van der Waals surface area contributed by atoms with Crippen LogP contribution in [0.4, 0.5) is 9.52 Å². The lowest BCUT2D eigenvalue weighted by molar-refractivity contribution is 0.226. The third-order valence-electron chi connectivity index (χ3n) is 5.28. The lowest BCUT2D eigenvalue weighted by atomic mass is 9.92. The van der Waals surface area contributed by atoms with Crippen molar-refractivity contribution in [1.29, 1.82) is 0 Å². The van der Waals surface area contributed by atoms with Gasteiger partial charge in [0, 0.05) is 48.2 Å². The fourth-order valence-electron chi connectivity index (χ4n) is 4.54. The minimum atomic E-state index is -0.456. The number of nitrogens with zero attached hydrogens (tertiary/aromatic N) is 6. The fourth-order valence-corrected chi connectivity index (χ4v) is 5.44. The lowest BCUT2D eigenvalue weighted by Gasteiger charge is -2.48. The monoisotopic (exact) mass is 441 g/mol. The Hall–Kier alpha value is -2.85. The van der Waals surface area contributed by atoms with E-state index in [0.717, 1.165) is 18.2 Å². The van der Waals surface area contributed by atoms with Crippen molar-refractivity contribution in [2.45, 2.75) is 45.7 Å². The number of halogens is 1. The summed E-state index contributed by atoms with van der Waals surface area (Å²) < 4.78 is 17.5. The molecule has 0 spiro atoms. The SMILES string of the molecule is Cc1cn2cc(-c3cc(=O)n4nc(N5CC(C)(C)NC(C)(C)C5)sc4n3)cc(F)c2n1. The second-order valence-electron chi connectivity index (χ2n) is 9.50. The maximum atomic E-state index is 14.5. The van der Waals surface area contributed by atoms with Gasteiger partial charge < -0.3 is 14.6 Å². The molecule has 4 aromatic rings. The van der Waals surface area contributed by atoms with Crippen LogP contribution in [0.2, 0.25) is 0 Å². The molecule has 4 aromatic heterocycles. The van der Waals surface area contributed by atoms with Gasteiger partial charge in [0.2, 0.25) is 10.1 Å². The number of aromatic nitrogens is 5. The van der Waals surface area contributed by atoms with Crippen molar-refractivity contribution in [1.82, 2.24) is 29.3 Å². The molecule has 0 unspecified atom stereocenters. The van der Waals surface area contributed by atoms with Crippen LogP contribution in [0.1, 0.15) is 33.4 Å². The Labute approximate surface area is 182 Å². The van der Waals surface area contributed by atoms with Crippen molar-refractivity contribution in [3.8, 4) is 11.3 Å². The van der Waals surface area contributed by atoms with E-state index in [4.69, 9.17) is 0 Å².